The van der Waals surface area contributed by atoms with Gasteiger partial charge in [0.2, 0.25) is 10.1 Å². The molecule has 1 saturated heterocycles. The molecule has 5 nitrogen and oxygen atoms in total. The number of anilines is 1. The summed E-state index contributed by atoms with van der Waals surface area (Å²) in [6.45, 7) is 2.89. The van der Waals surface area contributed by atoms with Crippen LogP contribution in [0.1, 0.15) is 36.0 Å². The molecule has 0 spiro atoms. The van der Waals surface area contributed by atoms with Crippen LogP contribution in [0.15, 0.2) is 0 Å². The first kappa shape index (κ1) is 10.4. The minimum Gasteiger partial charge on any atom is -0.374 e. The molecule has 1 atom stereocenters. The van der Waals surface area contributed by atoms with Crippen LogP contribution in [0, 0.1) is 0 Å². The number of carbonyl (C=O) groups is 1. The average molecular weight is 226 g/mol. The zero-order chi connectivity index (χ0) is 10.8. The van der Waals surface area contributed by atoms with Gasteiger partial charge in [-0.15, -0.1) is 10.2 Å². The van der Waals surface area contributed by atoms with Crippen molar-refractivity contribution in [2.45, 2.75) is 32.2 Å². The quantitative estimate of drug-likeness (QED) is 0.779. The van der Waals surface area contributed by atoms with Crippen molar-refractivity contribution in [2.75, 3.05) is 12.3 Å². The molecule has 1 unspecified atom stereocenters. The Hall–Kier alpha value is -1.17. The lowest BCUT2D eigenvalue weighted by Crippen LogP contribution is -2.42. The SMILES string of the molecule is CC1CCCCN1C(=O)c1nnc(N)s1. The lowest BCUT2D eigenvalue weighted by molar-refractivity contribution is 0.0634. The monoisotopic (exact) mass is 226 g/mol. The molecule has 6 heteroatoms. The van der Waals surface area contributed by atoms with E-state index in [0.29, 0.717) is 16.2 Å². The molecular formula is C9H14N4OS. The summed E-state index contributed by atoms with van der Waals surface area (Å²) in [5.74, 6) is -0.0311. The first-order valence-corrected chi connectivity index (χ1v) is 5.90. The number of aromatic nitrogens is 2. The van der Waals surface area contributed by atoms with Gasteiger partial charge in [0.1, 0.15) is 0 Å². The Bertz CT molecular complexity index is 365. The highest BCUT2D eigenvalue weighted by molar-refractivity contribution is 7.16. The summed E-state index contributed by atoms with van der Waals surface area (Å²) in [6, 6.07) is 0.302. The molecule has 2 N–H and O–H groups in total. The Morgan fingerprint density at radius 1 is 1.53 bits per heavy atom. The van der Waals surface area contributed by atoms with Crippen LogP contribution in [0.2, 0.25) is 0 Å². The molecule has 0 radical (unpaired) electrons. The third kappa shape index (κ3) is 2.09. The van der Waals surface area contributed by atoms with Crippen molar-refractivity contribution in [2.24, 2.45) is 0 Å². The van der Waals surface area contributed by atoms with Crippen molar-refractivity contribution < 1.29 is 4.79 Å². The molecule has 0 aliphatic carbocycles. The lowest BCUT2D eigenvalue weighted by Gasteiger charge is -2.32. The fourth-order valence-corrected chi connectivity index (χ4v) is 2.41. The predicted molar refractivity (Wildman–Crippen MR) is 58.7 cm³/mol. The van der Waals surface area contributed by atoms with Gasteiger partial charge in [-0.2, -0.15) is 0 Å². The summed E-state index contributed by atoms with van der Waals surface area (Å²) in [5.41, 5.74) is 5.45. The maximum absolute atomic E-state index is 12.0. The van der Waals surface area contributed by atoms with Crippen LogP contribution in [-0.2, 0) is 0 Å². The van der Waals surface area contributed by atoms with Gasteiger partial charge in [-0.25, -0.2) is 0 Å². The van der Waals surface area contributed by atoms with Crippen molar-refractivity contribution in [1.29, 1.82) is 0 Å². The molecular weight excluding hydrogens is 212 g/mol. The third-order valence-corrected chi connectivity index (χ3v) is 3.43. The van der Waals surface area contributed by atoms with Crippen molar-refractivity contribution in [3.63, 3.8) is 0 Å². The van der Waals surface area contributed by atoms with Crippen LogP contribution in [0.4, 0.5) is 5.13 Å². The number of hydrogen-bond donors (Lipinski definition) is 1. The zero-order valence-corrected chi connectivity index (χ0v) is 9.46. The zero-order valence-electron chi connectivity index (χ0n) is 8.64. The minimum absolute atomic E-state index is 0.0311. The minimum atomic E-state index is -0.0311. The number of nitrogens with zero attached hydrogens (tertiary/aromatic N) is 3. The standard InChI is InChI=1S/C9H14N4OS/c1-6-4-2-3-5-13(6)8(14)7-11-12-9(10)15-7/h6H,2-5H2,1H3,(H2,10,12). The topological polar surface area (TPSA) is 72.1 Å². The van der Waals surface area contributed by atoms with E-state index in [1.807, 2.05) is 4.90 Å². The van der Waals surface area contributed by atoms with Gasteiger partial charge in [-0.1, -0.05) is 11.3 Å². The van der Waals surface area contributed by atoms with E-state index >= 15 is 0 Å². The third-order valence-electron chi connectivity index (χ3n) is 2.69. The smallest absolute Gasteiger partial charge is 0.285 e. The summed E-state index contributed by atoms with van der Waals surface area (Å²) in [4.78, 5) is 13.9. The van der Waals surface area contributed by atoms with Gasteiger partial charge >= 0.3 is 0 Å². The van der Waals surface area contributed by atoms with Crippen molar-refractivity contribution >= 4 is 22.4 Å². The Kier molecular flexibility index (Phi) is 2.86. The van der Waals surface area contributed by atoms with E-state index in [0.717, 1.165) is 30.7 Å². The predicted octanol–water partition coefficient (Wildman–Crippen LogP) is 1.13. The number of piperidine rings is 1. The van der Waals surface area contributed by atoms with Gasteiger partial charge in [-0.05, 0) is 26.2 Å². The van der Waals surface area contributed by atoms with E-state index in [1.165, 1.54) is 6.42 Å². The largest absolute Gasteiger partial charge is 0.374 e. The number of rotatable bonds is 1. The molecule has 1 aliphatic rings. The van der Waals surface area contributed by atoms with Crippen molar-refractivity contribution in [3.8, 4) is 0 Å². The van der Waals surface area contributed by atoms with E-state index in [4.69, 9.17) is 5.73 Å². The molecule has 0 aromatic carbocycles. The van der Waals surface area contributed by atoms with E-state index < -0.39 is 0 Å². The second kappa shape index (κ2) is 4.14. The molecule has 0 bridgehead atoms. The second-order valence-electron chi connectivity index (χ2n) is 3.79. The van der Waals surface area contributed by atoms with Crippen LogP contribution in [0.25, 0.3) is 0 Å². The van der Waals surface area contributed by atoms with Crippen molar-refractivity contribution in [3.05, 3.63) is 5.01 Å². The second-order valence-corrected chi connectivity index (χ2v) is 4.80. The number of nitrogens with two attached hydrogens (primary N) is 1. The summed E-state index contributed by atoms with van der Waals surface area (Å²) < 4.78 is 0. The van der Waals surface area contributed by atoms with Crippen LogP contribution < -0.4 is 5.73 Å². The highest BCUT2D eigenvalue weighted by Crippen LogP contribution is 2.21. The lowest BCUT2D eigenvalue weighted by atomic mass is 10.0. The molecule has 82 valence electrons. The van der Waals surface area contributed by atoms with Gasteiger partial charge in [-0.3, -0.25) is 4.79 Å². The van der Waals surface area contributed by atoms with Crippen LogP contribution in [-0.4, -0.2) is 33.6 Å². The summed E-state index contributed by atoms with van der Waals surface area (Å²) >= 11 is 1.16. The first-order valence-electron chi connectivity index (χ1n) is 5.08. The molecule has 2 heterocycles. The summed E-state index contributed by atoms with van der Waals surface area (Å²) in [5, 5.41) is 8.19. The van der Waals surface area contributed by atoms with Gasteiger partial charge in [0.15, 0.2) is 0 Å². The maximum atomic E-state index is 12.0. The molecule has 1 aromatic rings. The summed E-state index contributed by atoms with van der Waals surface area (Å²) in [6.07, 6.45) is 3.34. The fraction of sp³-hybridized carbons (Fsp3) is 0.667. The molecule has 1 fully saturated rings. The average Bonchev–Trinajstić information content (AvgIpc) is 2.65. The number of hydrogen-bond acceptors (Lipinski definition) is 5. The number of carbonyl (C=O) groups excluding carboxylic acids is 1. The molecule has 15 heavy (non-hydrogen) atoms. The molecule has 0 saturated carbocycles. The maximum Gasteiger partial charge on any atom is 0.285 e. The molecule has 1 aliphatic heterocycles. The van der Waals surface area contributed by atoms with Gasteiger partial charge in [0, 0.05) is 12.6 Å². The van der Waals surface area contributed by atoms with E-state index in [2.05, 4.69) is 17.1 Å². The Morgan fingerprint density at radius 2 is 2.33 bits per heavy atom. The Morgan fingerprint density at radius 3 is 2.93 bits per heavy atom. The number of likely N-dealkylation sites (tertiary alicyclic amines) is 1. The number of nitrogen functional groups attached to an aromatic ring is 1. The van der Waals surface area contributed by atoms with Crippen LogP contribution in [0.3, 0.4) is 0 Å². The van der Waals surface area contributed by atoms with E-state index in [-0.39, 0.29) is 5.91 Å². The highest BCUT2D eigenvalue weighted by Gasteiger charge is 2.26. The normalized spacial score (nSPS) is 21.7. The van der Waals surface area contributed by atoms with Gasteiger partial charge in [0.25, 0.3) is 5.91 Å². The Balaban J connectivity index is 2.13. The van der Waals surface area contributed by atoms with Gasteiger partial charge < -0.3 is 10.6 Å². The van der Waals surface area contributed by atoms with Crippen LogP contribution >= 0.6 is 11.3 Å². The van der Waals surface area contributed by atoms with Crippen LogP contribution in [0.5, 0.6) is 0 Å². The molecule has 1 aromatic heterocycles. The van der Waals surface area contributed by atoms with E-state index in [9.17, 15) is 4.79 Å². The Labute approximate surface area is 92.3 Å². The number of amides is 1. The molecule has 1 amide bonds. The van der Waals surface area contributed by atoms with E-state index in [1.54, 1.807) is 0 Å². The van der Waals surface area contributed by atoms with Gasteiger partial charge in [0.05, 0.1) is 0 Å². The fourth-order valence-electron chi connectivity index (χ4n) is 1.84. The highest BCUT2D eigenvalue weighted by atomic mass is 32.1. The first-order chi connectivity index (χ1) is 7.18. The molecule has 2 rings (SSSR count). The summed E-state index contributed by atoms with van der Waals surface area (Å²) in [7, 11) is 0. The van der Waals surface area contributed by atoms with Crippen molar-refractivity contribution in [1.82, 2.24) is 15.1 Å².